The lowest BCUT2D eigenvalue weighted by Crippen LogP contribution is -2.22. The molecule has 2 heterocycles. The molecule has 17 heavy (non-hydrogen) atoms. The number of nitrogens with zero attached hydrogens (tertiary/aromatic N) is 1. The van der Waals surface area contributed by atoms with Gasteiger partial charge < -0.3 is 4.98 Å². The molecule has 3 rings (SSSR count). The Bertz CT molecular complexity index is 544. The molecule has 0 fully saturated rings. The maximum Gasteiger partial charge on any atom is 0.123 e. The lowest BCUT2D eigenvalue weighted by atomic mass is 10.1. The Labute approximate surface area is 100 Å². The summed E-state index contributed by atoms with van der Waals surface area (Å²) < 4.78 is 13.3. The summed E-state index contributed by atoms with van der Waals surface area (Å²) in [5.41, 5.74) is 3.65. The highest BCUT2D eigenvalue weighted by molar-refractivity contribution is 5.84. The van der Waals surface area contributed by atoms with E-state index in [4.69, 9.17) is 0 Å². The van der Waals surface area contributed by atoms with Crippen molar-refractivity contribution in [1.82, 2.24) is 9.88 Å². The number of fused-ring (bicyclic) bond motifs is 3. The number of aromatic amines is 1. The molecule has 0 saturated heterocycles. The van der Waals surface area contributed by atoms with Gasteiger partial charge in [0.15, 0.2) is 0 Å². The minimum Gasteiger partial charge on any atom is -0.358 e. The van der Waals surface area contributed by atoms with Gasteiger partial charge in [-0.05, 0) is 49.7 Å². The molecule has 1 aromatic heterocycles. The molecular weight excluding hydrogens is 215 g/mol. The van der Waals surface area contributed by atoms with Crippen LogP contribution in [0.3, 0.4) is 0 Å². The van der Waals surface area contributed by atoms with Gasteiger partial charge in [0.1, 0.15) is 5.82 Å². The minimum atomic E-state index is -0.147. The van der Waals surface area contributed by atoms with Gasteiger partial charge in [-0.25, -0.2) is 4.39 Å². The van der Waals surface area contributed by atoms with Crippen molar-refractivity contribution in [3.63, 3.8) is 0 Å². The van der Waals surface area contributed by atoms with Gasteiger partial charge in [0.05, 0.1) is 0 Å². The van der Waals surface area contributed by atoms with Gasteiger partial charge in [-0.2, -0.15) is 0 Å². The van der Waals surface area contributed by atoms with Crippen LogP contribution in [-0.4, -0.2) is 23.0 Å². The summed E-state index contributed by atoms with van der Waals surface area (Å²) in [5.74, 6) is -0.147. The predicted molar refractivity (Wildman–Crippen MR) is 67.5 cm³/mol. The molecule has 1 aliphatic heterocycles. The molecule has 1 N–H and O–H groups in total. The molecule has 1 aromatic carbocycles. The van der Waals surface area contributed by atoms with Crippen LogP contribution >= 0.6 is 0 Å². The first-order valence-electron chi connectivity index (χ1n) is 6.29. The number of benzene rings is 1. The van der Waals surface area contributed by atoms with E-state index in [-0.39, 0.29) is 5.82 Å². The summed E-state index contributed by atoms with van der Waals surface area (Å²) in [7, 11) is 0. The van der Waals surface area contributed by atoms with Gasteiger partial charge in [-0.3, -0.25) is 4.90 Å². The lowest BCUT2D eigenvalue weighted by molar-refractivity contribution is 0.285. The van der Waals surface area contributed by atoms with E-state index in [0.717, 1.165) is 37.0 Å². The van der Waals surface area contributed by atoms with Crippen molar-refractivity contribution in [3.05, 3.63) is 35.3 Å². The summed E-state index contributed by atoms with van der Waals surface area (Å²) in [6.45, 7) is 5.31. The zero-order valence-corrected chi connectivity index (χ0v) is 10.1. The summed E-state index contributed by atoms with van der Waals surface area (Å²) in [5, 5.41) is 1.06. The Balaban J connectivity index is 2.14. The Kier molecular flexibility index (Phi) is 2.63. The van der Waals surface area contributed by atoms with Gasteiger partial charge in [0.2, 0.25) is 0 Å². The van der Waals surface area contributed by atoms with Crippen LogP contribution < -0.4 is 0 Å². The number of hydrogen-bond donors (Lipinski definition) is 1. The second-order valence-corrected chi connectivity index (χ2v) is 4.74. The van der Waals surface area contributed by atoms with Gasteiger partial charge >= 0.3 is 0 Å². The van der Waals surface area contributed by atoms with Crippen molar-refractivity contribution in [3.8, 4) is 0 Å². The first-order valence-corrected chi connectivity index (χ1v) is 6.29. The lowest BCUT2D eigenvalue weighted by Gasteiger charge is -2.17. The molecule has 2 aromatic rings. The van der Waals surface area contributed by atoms with Gasteiger partial charge in [-0.1, -0.05) is 6.92 Å². The second-order valence-electron chi connectivity index (χ2n) is 4.74. The Morgan fingerprint density at radius 3 is 3.12 bits per heavy atom. The number of aromatic nitrogens is 1. The Morgan fingerprint density at radius 2 is 2.29 bits per heavy atom. The van der Waals surface area contributed by atoms with Crippen molar-refractivity contribution in [1.29, 1.82) is 0 Å². The van der Waals surface area contributed by atoms with Gasteiger partial charge in [-0.15, -0.1) is 0 Å². The molecule has 0 aliphatic carbocycles. The van der Waals surface area contributed by atoms with Crippen molar-refractivity contribution in [2.24, 2.45) is 0 Å². The number of halogens is 1. The van der Waals surface area contributed by atoms with Crippen LogP contribution in [0, 0.1) is 5.82 Å². The quantitative estimate of drug-likeness (QED) is 0.800. The molecule has 0 unspecified atom stereocenters. The SMILES string of the molecule is CCN1CCCc2[nH]c3ccc(F)cc3c2C1. The van der Waals surface area contributed by atoms with Crippen molar-refractivity contribution in [2.75, 3.05) is 13.1 Å². The normalized spacial score (nSPS) is 17.1. The van der Waals surface area contributed by atoms with E-state index in [1.165, 1.54) is 23.7 Å². The van der Waals surface area contributed by atoms with E-state index in [0.29, 0.717) is 0 Å². The second kappa shape index (κ2) is 4.15. The molecule has 0 atom stereocenters. The molecule has 0 spiro atoms. The number of H-pyrrole nitrogens is 1. The van der Waals surface area contributed by atoms with E-state index in [1.54, 1.807) is 6.07 Å². The molecule has 90 valence electrons. The summed E-state index contributed by atoms with van der Waals surface area (Å²) in [6, 6.07) is 5.02. The van der Waals surface area contributed by atoms with E-state index in [1.807, 2.05) is 6.07 Å². The average molecular weight is 232 g/mol. The molecule has 1 aliphatic rings. The fraction of sp³-hybridized carbons (Fsp3) is 0.429. The van der Waals surface area contributed by atoms with E-state index in [9.17, 15) is 4.39 Å². The standard InChI is InChI=1S/C14H17FN2/c1-2-17-7-3-4-13-12(9-17)11-8-10(15)5-6-14(11)16-13/h5-6,8,16H,2-4,7,9H2,1H3. The van der Waals surface area contributed by atoms with Crippen molar-refractivity contribution in [2.45, 2.75) is 26.3 Å². The zero-order valence-electron chi connectivity index (χ0n) is 10.1. The molecule has 0 saturated carbocycles. The van der Waals surface area contributed by atoms with Crippen LogP contribution in [0.2, 0.25) is 0 Å². The van der Waals surface area contributed by atoms with Crippen LogP contribution in [0.1, 0.15) is 24.6 Å². The number of hydrogen-bond acceptors (Lipinski definition) is 1. The monoisotopic (exact) mass is 232 g/mol. The maximum absolute atomic E-state index is 13.3. The third kappa shape index (κ3) is 1.84. The van der Waals surface area contributed by atoms with Crippen LogP contribution in [0.25, 0.3) is 10.9 Å². The molecule has 0 bridgehead atoms. The Morgan fingerprint density at radius 1 is 1.41 bits per heavy atom. The molecule has 0 amide bonds. The van der Waals surface area contributed by atoms with Gasteiger partial charge in [0, 0.05) is 23.1 Å². The highest BCUT2D eigenvalue weighted by Crippen LogP contribution is 2.27. The van der Waals surface area contributed by atoms with Crippen LogP contribution in [0.15, 0.2) is 18.2 Å². The van der Waals surface area contributed by atoms with E-state index >= 15 is 0 Å². The molecule has 2 nitrogen and oxygen atoms in total. The number of nitrogens with one attached hydrogen (secondary N) is 1. The average Bonchev–Trinajstić information content (AvgIpc) is 2.54. The van der Waals surface area contributed by atoms with E-state index < -0.39 is 0 Å². The van der Waals surface area contributed by atoms with Crippen LogP contribution in [0.4, 0.5) is 4.39 Å². The van der Waals surface area contributed by atoms with Crippen LogP contribution in [0.5, 0.6) is 0 Å². The zero-order chi connectivity index (χ0) is 11.8. The third-order valence-electron chi connectivity index (χ3n) is 3.69. The predicted octanol–water partition coefficient (Wildman–Crippen LogP) is 3.08. The highest BCUT2D eigenvalue weighted by atomic mass is 19.1. The molecular formula is C14H17FN2. The third-order valence-corrected chi connectivity index (χ3v) is 3.69. The fourth-order valence-electron chi connectivity index (χ4n) is 2.72. The van der Waals surface area contributed by atoms with Crippen LogP contribution in [-0.2, 0) is 13.0 Å². The number of aryl methyl sites for hydroxylation is 1. The van der Waals surface area contributed by atoms with Crippen molar-refractivity contribution < 1.29 is 4.39 Å². The Hall–Kier alpha value is -1.35. The first kappa shape index (κ1) is 10.8. The highest BCUT2D eigenvalue weighted by Gasteiger charge is 2.17. The van der Waals surface area contributed by atoms with Crippen molar-refractivity contribution >= 4 is 10.9 Å². The smallest absolute Gasteiger partial charge is 0.123 e. The maximum atomic E-state index is 13.3. The fourth-order valence-corrected chi connectivity index (χ4v) is 2.72. The van der Waals surface area contributed by atoms with E-state index in [2.05, 4.69) is 16.8 Å². The topological polar surface area (TPSA) is 19.0 Å². The largest absolute Gasteiger partial charge is 0.358 e. The molecule has 3 heteroatoms. The summed E-state index contributed by atoms with van der Waals surface area (Å²) in [6.07, 6.45) is 2.25. The minimum absolute atomic E-state index is 0.147. The first-order chi connectivity index (χ1) is 8.28. The summed E-state index contributed by atoms with van der Waals surface area (Å²) in [4.78, 5) is 5.86. The number of rotatable bonds is 1. The molecule has 0 radical (unpaired) electrons. The van der Waals surface area contributed by atoms with Gasteiger partial charge in [0.25, 0.3) is 0 Å². The summed E-state index contributed by atoms with van der Waals surface area (Å²) >= 11 is 0.